The van der Waals surface area contributed by atoms with Gasteiger partial charge in [0.05, 0.1) is 12.0 Å². The van der Waals surface area contributed by atoms with Crippen LogP contribution in [-0.4, -0.2) is 51.9 Å². The van der Waals surface area contributed by atoms with Gasteiger partial charge < -0.3 is 9.64 Å². The van der Waals surface area contributed by atoms with Crippen molar-refractivity contribution in [2.45, 2.75) is 70.7 Å². The quantitative estimate of drug-likeness (QED) is 0.529. The first-order valence-corrected chi connectivity index (χ1v) is 14.9. The summed E-state index contributed by atoms with van der Waals surface area (Å²) in [5.74, 6) is 0.325. The van der Waals surface area contributed by atoms with Crippen molar-refractivity contribution in [1.29, 1.82) is 0 Å². The Morgan fingerprint density at radius 1 is 0.974 bits per heavy atom. The number of hydrogen-bond acceptors (Lipinski definition) is 6. The average Bonchev–Trinajstić information content (AvgIpc) is 2.87. The predicted octanol–water partition coefficient (Wildman–Crippen LogP) is 4.98. The standard InChI is InChI=1S/C29H41N3O5S/c1-22(2)16-19-31-17-8-6-5-7-9-18-32(23(3)33)28-15-10-24(20-25(28)21-31)29(34)30-38(35,36)27-13-11-26(37-4)12-14-27/h10-15,20,22H,5-9,16-19,21H2,1-4H3,(H,30,34). The summed E-state index contributed by atoms with van der Waals surface area (Å²) >= 11 is 0. The molecule has 1 aliphatic rings. The first-order valence-electron chi connectivity index (χ1n) is 13.5. The molecule has 0 fully saturated rings. The molecular weight excluding hydrogens is 502 g/mol. The van der Waals surface area contributed by atoms with Gasteiger partial charge >= 0.3 is 0 Å². The highest BCUT2D eigenvalue weighted by molar-refractivity contribution is 7.90. The van der Waals surface area contributed by atoms with Gasteiger partial charge in [-0.3, -0.25) is 14.5 Å². The number of hydrogen-bond donors (Lipinski definition) is 1. The van der Waals surface area contributed by atoms with E-state index in [9.17, 15) is 18.0 Å². The Morgan fingerprint density at radius 3 is 2.26 bits per heavy atom. The molecule has 208 valence electrons. The molecule has 0 atom stereocenters. The van der Waals surface area contributed by atoms with E-state index in [1.807, 2.05) is 0 Å². The fourth-order valence-electron chi connectivity index (χ4n) is 4.65. The van der Waals surface area contributed by atoms with Crippen LogP contribution >= 0.6 is 0 Å². The van der Waals surface area contributed by atoms with Gasteiger partial charge in [-0.2, -0.15) is 0 Å². The number of carbonyl (C=O) groups is 2. The molecule has 1 N–H and O–H groups in total. The summed E-state index contributed by atoms with van der Waals surface area (Å²) in [6.07, 6.45) is 6.43. The van der Waals surface area contributed by atoms with Crippen LogP contribution in [0.25, 0.3) is 0 Å². The van der Waals surface area contributed by atoms with Crippen molar-refractivity contribution in [3.05, 3.63) is 53.6 Å². The number of ether oxygens (including phenoxy) is 1. The van der Waals surface area contributed by atoms with E-state index in [0.29, 0.717) is 24.8 Å². The number of nitrogens with zero attached hydrogens (tertiary/aromatic N) is 2. The van der Waals surface area contributed by atoms with Gasteiger partial charge in [0, 0.05) is 31.3 Å². The zero-order chi connectivity index (χ0) is 27.7. The maximum Gasteiger partial charge on any atom is 0.265 e. The van der Waals surface area contributed by atoms with Gasteiger partial charge in [-0.25, -0.2) is 13.1 Å². The van der Waals surface area contributed by atoms with Crippen LogP contribution < -0.4 is 14.4 Å². The van der Waals surface area contributed by atoms with Crippen LogP contribution in [0.2, 0.25) is 0 Å². The number of fused-ring (bicyclic) bond motifs is 1. The van der Waals surface area contributed by atoms with Gasteiger partial charge in [0.1, 0.15) is 5.75 Å². The third kappa shape index (κ3) is 8.30. The molecule has 0 saturated carbocycles. The molecule has 38 heavy (non-hydrogen) atoms. The third-order valence-electron chi connectivity index (χ3n) is 6.88. The van der Waals surface area contributed by atoms with Crippen molar-refractivity contribution in [3.8, 4) is 5.75 Å². The van der Waals surface area contributed by atoms with Gasteiger partial charge in [-0.05, 0) is 86.3 Å². The Labute approximate surface area is 227 Å². The zero-order valence-corrected chi connectivity index (χ0v) is 23.9. The number of amides is 2. The SMILES string of the molecule is COc1ccc(S(=O)(=O)NC(=O)c2ccc3c(c2)CN(CCC(C)C)CCCCCCCN3C(C)=O)cc1. The molecule has 0 aromatic heterocycles. The number of carbonyl (C=O) groups excluding carboxylic acids is 2. The van der Waals surface area contributed by atoms with Gasteiger partial charge in [-0.15, -0.1) is 0 Å². The molecule has 0 radical (unpaired) electrons. The molecule has 1 heterocycles. The zero-order valence-electron chi connectivity index (χ0n) is 23.0. The number of nitrogens with one attached hydrogen (secondary N) is 1. The van der Waals surface area contributed by atoms with E-state index in [2.05, 4.69) is 23.5 Å². The molecule has 2 amide bonds. The Bertz CT molecular complexity index is 1200. The summed E-state index contributed by atoms with van der Waals surface area (Å²) in [7, 11) is -2.57. The minimum absolute atomic E-state index is 0.0273. The molecular formula is C29H41N3O5S. The largest absolute Gasteiger partial charge is 0.497 e. The van der Waals surface area contributed by atoms with Crippen molar-refractivity contribution < 1.29 is 22.7 Å². The lowest BCUT2D eigenvalue weighted by Crippen LogP contribution is -2.34. The maximum absolute atomic E-state index is 13.1. The summed E-state index contributed by atoms with van der Waals surface area (Å²) < 4.78 is 33.0. The lowest BCUT2D eigenvalue weighted by Gasteiger charge is -2.29. The van der Waals surface area contributed by atoms with Gasteiger partial charge in [-0.1, -0.05) is 33.1 Å². The third-order valence-corrected chi connectivity index (χ3v) is 8.23. The first-order chi connectivity index (χ1) is 18.1. The maximum atomic E-state index is 13.1. The molecule has 0 spiro atoms. The highest BCUT2D eigenvalue weighted by Gasteiger charge is 2.23. The number of benzene rings is 2. The van der Waals surface area contributed by atoms with E-state index in [1.165, 1.54) is 31.4 Å². The van der Waals surface area contributed by atoms with E-state index < -0.39 is 15.9 Å². The lowest BCUT2D eigenvalue weighted by atomic mass is 10.0. The molecule has 3 rings (SSSR count). The van der Waals surface area contributed by atoms with Gasteiger partial charge in [0.25, 0.3) is 15.9 Å². The highest BCUT2D eigenvalue weighted by atomic mass is 32.2. The minimum atomic E-state index is -4.07. The monoisotopic (exact) mass is 543 g/mol. The fraction of sp³-hybridized carbons (Fsp3) is 0.517. The van der Waals surface area contributed by atoms with Crippen LogP contribution in [-0.2, 0) is 21.4 Å². The predicted molar refractivity (Wildman–Crippen MR) is 150 cm³/mol. The van der Waals surface area contributed by atoms with Gasteiger partial charge in [0.2, 0.25) is 5.91 Å². The van der Waals surface area contributed by atoms with Crippen LogP contribution in [0.1, 0.15) is 75.2 Å². The summed E-state index contributed by atoms with van der Waals surface area (Å²) in [4.78, 5) is 29.9. The number of methoxy groups -OCH3 is 1. The Kier molecular flexibility index (Phi) is 10.7. The summed E-state index contributed by atoms with van der Waals surface area (Å²) in [5, 5.41) is 0. The summed E-state index contributed by atoms with van der Waals surface area (Å²) in [6.45, 7) is 9.02. The van der Waals surface area contributed by atoms with Crippen LogP contribution in [0.15, 0.2) is 47.4 Å². The van der Waals surface area contributed by atoms with E-state index in [0.717, 1.165) is 62.9 Å². The highest BCUT2D eigenvalue weighted by Crippen LogP contribution is 2.27. The number of sulfonamides is 1. The molecule has 0 unspecified atom stereocenters. The van der Waals surface area contributed by atoms with Crippen LogP contribution in [0.3, 0.4) is 0 Å². The van der Waals surface area contributed by atoms with E-state index in [1.54, 1.807) is 30.0 Å². The Balaban J connectivity index is 1.93. The molecule has 0 bridgehead atoms. The van der Waals surface area contributed by atoms with Crippen molar-refractivity contribution in [1.82, 2.24) is 9.62 Å². The van der Waals surface area contributed by atoms with Crippen molar-refractivity contribution >= 4 is 27.5 Å². The topological polar surface area (TPSA) is 96.0 Å². The van der Waals surface area contributed by atoms with E-state index in [4.69, 9.17) is 4.74 Å². The van der Waals surface area contributed by atoms with Crippen molar-refractivity contribution in [2.75, 3.05) is 31.6 Å². The van der Waals surface area contributed by atoms with Crippen LogP contribution in [0.4, 0.5) is 5.69 Å². The second kappa shape index (κ2) is 13.8. The molecule has 2 aromatic carbocycles. The molecule has 1 aliphatic heterocycles. The van der Waals surface area contributed by atoms with Crippen molar-refractivity contribution in [2.24, 2.45) is 5.92 Å². The molecule has 8 nitrogen and oxygen atoms in total. The summed E-state index contributed by atoms with van der Waals surface area (Å²) in [5.41, 5.74) is 1.86. The number of anilines is 1. The second-order valence-corrected chi connectivity index (χ2v) is 12.0. The first kappa shape index (κ1) is 29.6. The Morgan fingerprint density at radius 2 is 1.63 bits per heavy atom. The fourth-order valence-corrected chi connectivity index (χ4v) is 5.62. The van der Waals surface area contributed by atoms with E-state index >= 15 is 0 Å². The number of rotatable bonds is 7. The molecule has 0 aliphatic carbocycles. The van der Waals surface area contributed by atoms with Crippen LogP contribution in [0.5, 0.6) is 5.75 Å². The normalized spacial score (nSPS) is 15.8. The van der Waals surface area contributed by atoms with E-state index in [-0.39, 0.29) is 16.4 Å². The smallest absolute Gasteiger partial charge is 0.265 e. The average molecular weight is 544 g/mol. The second-order valence-electron chi connectivity index (χ2n) is 10.4. The lowest BCUT2D eigenvalue weighted by molar-refractivity contribution is -0.116. The van der Waals surface area contributed by atoms with Gasteiger partial charge in [0.15, 0.2) is 0 Å². The molecule has 0 saturated heterocycles. The van der Waals surface area contributed by atoms with Crippen molar-refractivity contribution in [3.63, 3.8) is 0 Å². The minimum Gasteiger partial charge on any atom is -0.497 e. The molecule has 9 heteroatoms. The summed E-state index contributed by atoms with van der Waals surface area (Å²) in [6, 6.07) is 11.0. The molecule has 2 aromatic rings. The van der Waals surface area contributed by atoms with Crippen LogP contribution in [0, 0.1) is 5.92 Å². The Hall–Kier alpha value is -2.91.